The third-order valence-corrected chi connectivity index (χ3v) is 2.47. The first-order valence-electron chi connectivity index (χ1n) is 5.39. The van der Waals surface area contributed by atoms with Crippen molar-refractivity contribution >= 4 is 11.6 Å². The van der Waals surface area contributed by atoms with Gasteiger partial charge in [-0.15, -0.1) is 0 Å². The van der Waals surface area contributed by atoms with E-state index >= 15 is 0 Å². The number of alkyl halides is 3. The van der Waals surface area contributed by atoms with Gasteiger partial charge in [0, 0.05) is 12.7 Å². The van der Waals surface area contributed by atoms with Crippen molar-refractivity contribution in [3.05, 3.63) is 29.3 Å². The standard InChI is InChI=1S/C12H12F3N3O/c1-7(11(19)17-2)18-9-3-4-10(12(13,14)15)8(5-9)6-16/h3-5,7,18H,1-2H3,(H,17,19). The van der Waals surface area contributed by atoms with E-state index in [1.807, 2.05) is 0 Å². The van der Waals surface area contributed by atoms with Gasteiger partial charge < -0.3 is 10.6 Å². The Kier molecular flexibility index (Phi) is 4.38. The van der Waals surface area contributed by atoms with Crippen LogP contribution in [0.3, 0.4) is 0 Å². The Morgan fingerprint density at radius 3 is 2.53 bits per heavy atom. The predicted molar refractivity (Wildman–Crippen MR) is 63.3 cm³/mol. The van der Waals surface area contributed by atoms with Gasteiger partial charge in [-0.3, -0.25) is 4.79 Å². The van der Waals surface area contributed by atoms with E-state index in [-0.39, 0.29) is 11.6 Å². The Balaban J connectivity index is 3.02. The first kappa shape index (κ1) is 14.8. The molecule has 7 heteroatoms. The summed E-state index contributed by atoms with van der Waals surface area (Å²) in [5.74, 6) is -0.307. The molecule has 0 radical (unpaired) electrons. The Bertz CT molecular complexity index is 520. The van der Waals surface area contributed by atoms with E-state index in [9.17, 15) is 18.0 Å². The summed E-state index contributed by atoms with van der Waals surface area (Å²) in [5, 5.41) is 13.9. The summed E-state index contributed by atoms with van der Waals surface area (Å²) in [6.45, 7) is 1.56. The molecule has 102 valence electrons. The van der Waals surface area contributed by atoms with Gasteiger partial charge >= 0.3 is 6.18 Å². The quantitative estimate of drug-likeness (QED) is 0.885. The van der Waals surface area contributed by atoms with Gasteiger partial charge in [0.15, 0.2) is 0 Å². The summed E-state index contributed by atoms with van der Waals surface area (Å²) in [7, 11) is 1.45. The second-order valence-electron chi connectivity index (χ2n) is 3.85. The molecule has 0 saturated heterocycles. The maximum atomic E-state index is 12.6. The monoisotopic (exact) mass is 271 g/mol. The van der Waals surface area contributed by atoms with Crippen LogP contribution in [0.25, 0.3) is 0 Å². The van der Waals surface area contributed by atoms with Crippen molar-refractivity contribution in [1.82, 2.24) is 5.32 Å². The number of carbonyl (C=O) groups is 1. The van der Waals surface area contributed by atoms with E-state index in [4.69, 9.17) is 5.26 Å². The number of rotatable bonds is 3. The van der Waals surface area contributed by atoms with Crippen LogP contribution in [0.5, 0.6) is 0 Å². The highest BCUT2D eigenvalue weighted by Crippen LogP contribution is 2.33. The van der Waals surface area contributed by atoms with Crippen LogP contribution in [0.1, 0.15) is 18.1 Å². The summed E-state index contributed by atoms with van der Waals surface area (Å²) in [4.78, 5) is 11.3. The lowest BCUT2D eigenvalue weighted by Crippen LogP contribution is -2.35. The molecule has 0 saturated carbocycles. The fraction of sp³-hybridized carbons (Fsp3) is 0.333. The molecule has 1 atom stereocenters. The molecule has 0 aromatic heterocycles. The normalized spacial score (nSPS) is 12.4. The smallest absolute Gasteiger partial charge is 0.374 e. The van der Waals surface area contributed by atoms with Crippen molar-refractivity contribution < 1.29 is 18.0 Å². The molecule has 1 rings (SSSR count). The molecule has 0 aliphatic carbocycles. The largest absolute Gasteiger partial charge is 0.417 e. The predicted octanol–water partition coefficient (Wildman–Crippen LogP) is 2.12. The van der Waals surface area contributed by atoms with Crippen molar-refractivity contribution in [3.8, 4) is 6.07 Å². The molecule has 19 heavy (non-hydrogen) atoms. The highest BCUT2D eigenvalue weighted by atomic mass is 19.4. The molecular formula is C12H12F3N3O. The molecule has 0 heterocycles. The van der Waals surface area contributed by atoms with Gasteiger partial charge in [0.2, 0.25) is 5.91 Å². The van der Waals surface area contributed by atoms with Crippen LogP contribution < -0.4 is 10.6 Å². The molecule has 1 aromatic rings. The Labute approximate surface area is 108 Å². The highest BCUT2D eigenvalue weighted by molar-refractivity contribution is 5.83. The molecule has 2 N–H and O–H groups in total. The first-order valence-corrected chi connectivity index (χ1v) is 5.39. The third-order valence-electron chi connectivity index (χ3n) is 2.47. The lowest BCUT2D eigenvalue weighted by Gasteiger charge is -2.15. The molecule has 0 aliphatic heterocycles. The second-order valence-corrected chi connectivity index (χ2v) is 3.85. The minimum Gasteiger partial charge on any atom is -0.374 e. The zero-order valence-electron chi connectivity index (χ0n) is 10.3. The van der Waals surface area contributed by atoms with Gasteiger partial charge in [-0.25, -0.2) is 0 Å². The minimum absolute atomic E-state index is 0.278. The number of halogens is 3. The van der Waals surface area contributed by atoms with E-state index in [2.05, 4.69) is 10.6 Å². The second kappa shape index (κ2) is 5.61. The number of nitrogens with one attached hydrogen (secondary N) is 2. The van der Waals surface area contributed by atoms with E-state index in [1.54, 1.807) is 6.92 Å². The summed E-state index contributed by atoms with van der Waals surface area (Å²) in [6.07, 6.45) is -4.57. The SMILES string of the molecule is CNC(=O)C(C)Nc1ccc(C(F)(F)F)c(C#N)c1. The van der Waals surface area contributed by atoms with Crippen LogP contribution in [-0.4, -0.2) is 19.0 Å². The molecule has 0 aliphatic rings. The number of anilines is 1. The Hall–Kier alpha value is -2.23. The van der Waals surface area contributed by atoms with Crippen LogP contribution in [0.4, 0.5) is 18.9 Å². The number of carbonyl (C=O) groups excluding carboxylic acids is 1. The van der Waals surface area contributed by atoms with Crippen LogP contribution in [0, 0.1) is 11.3 Å². The fourth-order valence-corrected chi connectivity index (χ4v) is 1.51. The number of amides is 1. The molecule has 0 fully saturated rings. The third kappa shape index (κ3) is 3.61. The van der Waals surface area contributed by atoms with Gasteiger partial charge in [0.05, 0.1) is 17.2 Å². The summed E-state index contributed by atoms with van der Waals surface area (Å²) < 4.78 is 37.7. The summed E-state index contributed by atoms with van der Waals surface area (Å²) in [5.41, 5.74) is -1.20. The van der Waals surface area contributed by atoms with Crippen molar-refractivity contribution in [3.63, 3.8) is 0 Å². The lowest BCUT2D eigenvalue weighted by atomic mass is 10.1. The van der Waals surface area contributed by atoms with E-state index in [0.717, 1.165) is 12.1 Å². The maximum absolute atomic E-state index is 12.6. The van der Waals surface area contributed by atoms with Gasteiger partial charge in [0.25, 0.3) is 0 Å². The van der Waals surface area contributed by atoms with Gasteiger partial charge in [-0.05, 0) is 25.1 Å². The number of nitrogens with zero attached hydrogens (tertiary/aromatic N) is 1. The number of likely N-dealkylation sites (N-methyl/N-ethyl adjacent to an activating group) is 1. The maximum Gasteiger partial charge on any atom is 0.417 e. The van der Waals surface area contributed by atoms with Gasteiger partial charge in [0.1, 0.15) is 6.04 Å². The summed E-state index contributed by atoms with van der Waals surface area (Å²) in [6, 6.07) is 3.95. The lowest BCUT2D eigenvalue weighted by molar-refractivity contribution is -0.137. The van der Waals surface area contributed by atoms with Crippen LogP contribution >= 0.6 is 0 Å². The molecule has 0 spiro atoms. The molecule has 1 amide bonds. The van der Waals surface area contributed by atoms with Crippen molar-refractivity contribution in [2.75, 3.05) is 12.4 Å². The zero-order valence-corrected chi connectivity index (χ0v) is 10.3. The first-order chi connectivity index (χ1) is 8.79. The van der Waals surface area contributed by atoms with E-state index in [0.29, 0.717) is 0 Å². The average Bonchev–Trinajstić information content (AvgIpc) is 2.36. The number of benzene rings is 1. The molecule has 4 nitrogen and oxygen atoms in total. The molecule has 1 unspecified atom stereocenters. The van der Waals surface area contributed by atoms with E-state index in [1.165, 1.54) is 19.2 Å². The van der Waals surface area contributed by atoms with Crippen molar-refractivity contribution in [1.29, 1.82) is 5.26 Å². The van der Waals surface area contributed by atoms with Crippen molar-refractivity contribution in [2.45, 2.75) is 19.1 Å². The number of nitriles is 1. The molecule has 0 bridgehead atoms. The van der Waals surface area contributed by atoms with Crippen LogP contribution in [0.15, 0.2) is 18.2 Å². The fourth-order valence-electron chi connectivity index (χ4n) is 1.51. The Morgan fingerprint density at radius 1 is 1.42 bits per heavy atom. The Morgan fingerprint density at radius 2 is 2.05 bits per heavy atom. The molecule has 1 aromatic carbocycles. The average molecular weight is 271 g/mol. The summed E-state index contributed by atoms with van der Waals surface area (Å²) >= 11 is 0. The number of hydrogen-bond acceptors (Lipinski definition) is 3. The van der Waals surface area contributed by atoms with Crippen LogP contribution in [-0.2, 0) is 11.0 Å². The van der Waals surface area contributed by atoms with Crippen molar-refractivity contribution in [2.24, 2.45) is 0 Å². The van der Waals surface area contributed by atoms with Crippen LogP contribution in [0.2, 0.25) is 0 Å². The zero-order chi connectivity index (χ0) is 14.6. The number of hydrogen-bond donors (Lipinski definition) is 2. The van der Waals surface area contributed by atoms with E-state index < -0.39 is 23.3 Å². The van der Waals surface area contributed by atoms with Gasteiger partial charge in [-0.1, -0.05) is 0 Å². The highest BCUT2D eigenvalue weighted by Gasteiger charge is 2.33. The minimum atomic E-state index is -4.57. The van der Waals surface area contributed by atoms with Gasteiger partial charge in [-0.2, -0.15) is 18.4 Å². The molecular weight excluding hydrogens is 259 g/mol. The topological polar surface area (TPSA) is 64.9 Å².